The van der Waals surface area contributed by atoms with Crippen LogP contribution in [0.2, 0.25) is 0 Å². The molecule has 90 valence electrons. The molecular weight excluding hydrogens is 190 g/mol. The van der Waals surface area contributed by atoms with Gasteiger partial charge in [0.05, 0.1) is 5.54 Å². The molecule has 0 radical (unpaired) electrons. The number of hydrogen-bond donors (Lipinski definition) is 2. The minimum absolute atomic E-state index is 0.0521. The van der Waals surface area contributed by atoms with Crippen molar-refractivity contribution in [2.45, 2.75) is 38.8 Å². The summed E-state index contributed by atoms with van der Waals surface area (Å²) < 4.78 is 0. The van der Waals surface area contributed by atoms with E-state index in [0.717, 1.165) is 13.0 Å². The second-order valence-electron chi connectivity index (χ2n) is 4.84. The molecule has 0 saturated heterocycles. The van der Waals surface area contributed by atoms with E-state index in [1.54, 1.807) is 7.05 Å². The molecule has 0 aromatic heterocycles. The predicted octanol–water partition coefficient (Wildman–Crippen LogP) is 0.441. The molecule has 0 aromatic carbocycles. The molecule has 2 N–H and O–H groups in total. The third kappa shape index (κ3) is 5.74. The molecule has 0 heterocycles. The largest absolute Gasteiger partial charge is 0.352 e. The van der Waals surface area contributed by atoms with Gasteiger partial charge < -0.3 is 15.5 Å². The molecule has 4 heteroatoms. The van der Waals surface area contributed by atoms with Crippen molar-refractivity contribution in [1.82, 2.24) is 15.5 Å². The number of hydrogen-bond acceptors (Lipinski definition) is 3. The fraction of sp³-hybridized carbons (Fsp3) is 0.909. The van der Waals surface area contributed by atoms with Crippen molar-refractivity contribution in [3.8, 4) is 0 Å². The number of amides is 1. The number of carbonyl (C=O) groups excluding carboxylic acids is 1. The Morgan fingerprint density at radius 1 is 1.40 bits per heavy atom. The van der Waals surface area contributed by atoms with Crippen LogP contribution in [-0.2, 0) is 4.79 Å². The molecule has 0 aliphatic heterocycles. The van der Waals surface area contributed by atoms with Crippen LogP contribution >= 0.6 is 0 Å². The molecule has 0 fully saturated rings. The van der Waals surface area contributed by atoms with Crippen LogP contribution in [0.1, 0.15) is 27.2 Å². The Bertz CT molecular complexity index is 202. The minimum atomic E-state index is -0.494. The van der Waals surface area contributed by atoms with Crippen LogP contribution < -0.4 is 10.6 Å². The van der Waals surface area contributed by atoms with Gasteiger partial charge in [0, 0.05) is 6.04 Å². The quantitative estimate of drug-likeness (QED) is 0.676. The lowest BCUT2D eigenvalue weighted by molar-refractivity contribution is -0.126. The van der Waals surface area contributed by atoms with E-state index < -0.39 is 5.54 Å². The standard InChI is InChI=1S/C11H25N3O/c1-9(7-8-14(5)6)13-10(15)11(2,3)12-4/h9,12H,7-8H2,1-6H3,(H,13,15). The highest BCUT2D eigenvalue weighted by Crippen LogP contribution is 2.02. The Morgan fingerprint density at radius 2 is 1.93 bits per heavy atom. The Labute approximate surface area is 93.4 Å². The minimum Gasteiger partial charge on any atom is -0.352 e. The van der Waals surface area contributed by atoms with Gasteiger partial charge in [-0.1, -0.05) is 0 Å². The van der Waals surface area contributed by atoms with Crippen molar-refractivity contribution in [2.24, 2.45) is 0 Å². The van der Waals surface area contributed by atoms with E-state index in [1.165, 1.54) is 0 Å². The maximum absolute atomic E-state index is 11.8. The van der Waals surface area contributed by atoms with Crippen molar-refractivity contribution in [1.29, 1.82) is 0 Å². The lowest BCUT2D eigenvalue weighted by atomic mass is 10.0. The van der Waals surface area contributed by atoms with E-state index in [2.05, 4.69) is 15.5 Å². The van der Waals surface area contributed by atoms with E-state index in [4.69, 9.17) is 0 Å². The zero-order valence-electron chi connectivity index (χ0n) is 10.8. The molecule has 0 rings (SSSR count). The lowest BCUT2D eigenvalue weighted by Gasteiger charge is -2.26. The van der Waals surface area contributed by atoms with Crippen LogP contribution in [0.3, 0.4) is 0 Å². The van der Waals surface area contributed by atoms with E-state index >= 15 is 0 Å². The number of likely N-dealkylation sites (N-methyl/N-ethyl adjacent to an activating group) is 1. The van der Waals surface area contributed by atoms with Gasteiger partial charge in [-0.2, -0.15) is 0 Å². The van der Waals surface area contributed by atoms with E-state index in [0.29, 0.717) is 0 Å². The first-order chi connectivity index (χ1) is 6.79. The molecule has 4 nitrogen and oxygen atoms in total. The zero-order valence-corrected chi connectivity index (χ0v) is 10.8. The summed E-state index contributed by atoms with van der Waals surface area (Å²) in [6, 6.07) is 0.215. The first-order valence-electron chi connectivity index (χ1n) is 5.44. The van der Waals surface area contributed by atoms with Crippen LogP contribution in [0.25, 0.3) is 0 Å². The van der Waals surface area contributed by atoms with E-state index in [1.807, 2.05) is 34.9 Å². The fourth-order valence-electron chi connectivity index (χ4n) is 1.04. The van der Waals surface area contributed by atoms with Crippen LogP contribution in [0, 0.1) is 0 Å². The van der Waals surface area contributed by atoms with Crippen LogP contribution in [0.5, 0.6) is 0 Å². The second kappa shape index (κ2) is 6.08. The van der Waals surface area contributed by atoms with Gasteiger partial charge in [-0.3, -0.25) is 4.79 Å². The number of nitrogens with one attached hydrogen (secondary N) is 2. The molecule has 1 unspecified atom stereocenters. The Kier molecular flexibility index (Phi) is 5.83. The number of nitrogens with zero attached hydrogens (tertiary/aromatic N) is 1. The second-order valence-corrected chi connectivity index (χ2v) is 4.84. The molecule has 0 spiro atoms. The van der Waals surface area contributed by atoms with Crippen LogP contribution in [0.4, 0.5) is 0 Å². The molecule has 1 amide bonds. The molecule has 15 heavy (non-hydrogen) atoms. The van der Waals surface area contributed by atoms with Crippen molar-refractivity contribution in [3.05, 3.63) is 0 Å². The van der Waals surface area contributed by atoms with E-state index in [-0.39, 0.29) is 11.9 Å². The van der Waals surface area contributed by atoms with Crippen LogP contribution in [0.15, 0.2) is 0 Å². The number of rotatable bonds is 6. The fourth-order valence-corrected chi connectivity index (χ4v) is 1.04. The molecule has 0 aromatic rings. The molecule has 0 saturated carbocycles. The smallest absolute Gasteiger partial charge is 0.239 e. The Hall–Kier alpha value is -0.610. The Morgan fingerprint density at radius 3 is 2.33 bits per heavy atom. The van der Waals surface area contributed by atoms with Gasteiger partial charge in [0.2, 0.25) is 5.91 Å². The number of carbonyl (C=O) groups is 1. The van der Waals surface area contributed by atoms with Gasteiger partial charge in [0.25, 0.3) is 0 Å². The van der Waals surface area contributed by atoms with Gasteiger partial charge in [0.15, 0.2) is 0 Å². The SMILES string of the molecule is CNC(C)(C)C(=O)NC(C)CCN(C)C. The highest BCUT2D eigenvalue weighted by molar-refractivity contribution is 5.85. The summed E-state index contributed by atoms with van der Waals surface area (Å²) in [5, 5.41) is 5.99. The Balaban J connectivity index is 3.96. The van der Waals surface area contributed by atoms with Gasteiger partial charge in [-0.15, -0.1) is 0 Å². The maximum atomic E-state index is 11.8. The van der Waals surface area contributed by atoms with Crippen molar-refractivity contribution in [3.63, 3.8) is 0 Å². The predicted molar refractivity (Wildman–Crippen MR) is 63.9 cm³/mol. The summed E-state index contributed by atoms with van der Waals surface area (Å²) >= 11 is 0. The molecule has 0 bridgehead atoms. The highest BCUT2D eigenvalue weighted by Gasteiger charge is 2.25. The third-order valence-corrected chi connectivity index (χ3v) is 2.58. The summed E-state index contributed by atoms with van der Waals surface area (Å²) in [6.45, 7) is 6.77. The normalized spacial score (nSPS) is 14.1. The lowest BCUT2D eigenvalue weighted by Crippen LogP contribution is -2.53. The average Bonchev–Trinajstić information content (AvgIpc) is 2.14. The molecule has 0 aliphatic carbocycles. The van der Waals surface area contributed by atoms with Gasteiger partial charge in [-0.05, 0) is 54.9 Å². The summed E-state index contributed by atoms with van der Waals surface area (Å²) in [7, 11) is 5.86. The van der Waals surface area contributed by atoms with Crippen LogP contribution in [-0.4, -0.2) is 50.1 Å². The zero-order chi connectivity index (χ0) is 12.1. The molecule has 0 aliphatic rings. The van der Waals surface area contributed by atoms with Gasteiger partial charge >= 0.3 is 0 Å². The molecular formula is C11H25N3O. The first-order valence-corrected chi connectivity index (χ1v) is 5.44. The van der Waals surface area contributed by atoms with Crippen molar-refractivity contribution < 1.29 is 4.79 Å². The summed E-state index contributed by atoms with van der Waals surface area (Å²) in [4.78, 5) is 13.9. The summed E-state index contributed by atoms with van der Waals surface area (Å²) in [5.41, 5.74) is -0.494. The monoisotopic (exact) mass is 215 g/mol. The third-order valence-electron chi connectivity index (χ3n) is 2.58. The van der Waals surface area contributed by atoms with Crippen molar-refractivity contribution >= 4 is 5.91 Å². The van der Waals surface area contributed by atoms with Gasteiger partial charge in [-0.25, -0.2) is 0 Å². The molecule has 1 atom stereocenters. The van der Waals surface area contributed by atoms with Gasteiger partial charge in [0.1, 0.15) is 0 Å². The van der Waals surface area contributed by atoms with Crippen molar-refractivity contribution in [2.75, 3.05) is 27.7 Å². The average molecular weight is 215 g/mol. The first kappa shape index (κ1) is 14.4. The summed E-state index contributed by atoms with van der Waals surface area (Å²) in [5.74, 6) is 0.0521. The topological polar surface area (TPSA) is 44.4 Å². The highest BCUT2D eigenvalue weighted by atomic mass is 16.2. The summed E-state index contributed by atoms with van der Waals surface area (Å²) in [6.07, 6.45) is 0.971. The van der Waals surface area contributed by atoms with E-state index in [9.17, 15) is 4.79 Å². The maximum Gasteiger partial charge on any atom is 0.239 e.